The molecule has 4 aromatic rings. The molecule has 0 unspecified atom stereocenters. The van der Waals surface area contributed by atoms with Crippen molar-refractivity contribution in [1.29, 1.82) is 0 Å². The molecule has 5 rings (SSSR count). The zero-order chi connectivity index (χ0) is 23.7. The van der Waals surface area contributed by atoms with Gasteiger partial charge in [-0.2, -0.15) is 0 Å². The molecule has 0 saturated carbocycles. The number of primary amides is 1. The third-order valence-corrected chi connectivity index (χ3v) is 5.69. The minimum atomic E-state index is -0.583. The van der Waals surface area contributed by atoms with Crippen molar-refractivity contribution < 1.29 is 4.79 Å². The summed E-state index contributed by atoms with van der Waals surface area (Å²) in [5.41, 5.74) is 10.3. The van der Waals surface area contributed by atoms with E-state index >= 15 is 0 Å². The number of amides is 1. The Morgan fingerprint density at radius 3 is 2.65 bits per heavy atom. The third kappa shape index (κ3) is 4.19. The van der Waals surface area contributed by atoms with Crippen LogP contribution in [0.1, 0.15) is 46.5 Å². The van der Waals surface area contributed by atoms with Crippen LogP contribution in [-0.2, 0) is 4.79 Å². The molecule has 0 fully saturated rings. The quantitative estimate of drug-likeness (QED) is 0.464. The zero-order valence-electron chi connectivity index (χ0n) is 18.2. The second-order valence-electron chi connectivity index (χ2n) is 7.81. The number of pyridine rings is 1. The first-order valence-electron chi connectivity index (χ1n) is 10.6. The van der Waals surface area contributed by atoms with Gasteiger partial charge in [-0.05, 0) is 55.3 Å². The molecule has 3 heterocycles. The lowest BCUT2D eigenvalue weighted by atomic mass is 9.98. The number of aryl methyl sites for hydroxylation is 1. The molecule has 34 heavy (non-hydrogen) atoms. The summed E-state index contributed by atoms with van der Waals surface area (Å²) in [6.45, 7) is 1.86. The molecule has 2 N–H and O–H groups in total. The molecule has 1 aliphatic heterocycles. The van der Waals surface area contributed by atoms with E-state index in [9.17, 15) is 4.79 Å². The van der Waals surface area contributed by atoms with E-state index < -0.39 is 11.9 Å². The first kappa shape index (κ1) is 21.6. The van der Waals surface area contributed by atoms with Crippen molar-refractivity contribution in [3.05, 3.63) is 106 Å². The molecule has 8 heteroatoms. The van der Waals surface area contributed by atoms with E-state index in [2.05, 4.69) is 27.0 Å². The van der Waals surface area contributed by atoms with Gasteiger partial charge in [0.15, 0.2) is 5.82 Å². The lowest BCUT2D eigenvalue weighted by Gasteiger charge is -2.13. The number of nitrogens with zero attached hydrogens (tertiary/aromatic N) is 5. The van der Waals surface area contributed by atoms with Crippen LogP contribution in [0.4, 0.5) is 0 Å². The molecule has 7 nitrogen and oxygen atoms in total. The maximum atomic E-state index is 11.9. The maximum Gasteiger partial charge on any atom is 0.220 e. The van der Waals surface area contributed by atoms with Crippen molar-refractivity contribution in [3.8, 4) is 17.5 Å². The van der Waals surface area contributed by atoms with Crippen LogP contribution >= 0.6 is 11.6 Å². The number of aliphatic imine (C=N–C) groups is 1. The number of nitrogens with two attached hydrogens (primary N) is 1. The Hall–Kier alpha value is -4.28. The van der Waals surface area contributed by atoms with Gasteiger partial charge in [-0.1, -0.05) is 35.7 Å². The number of fused-ring (bicyclic) bond motifs is 3. The Morgan fingerprint density at radius 2 is 1.91 bits per heavy atom. The number of rotatable bonds is 3. The highest BCUT2D eigenvalue weighted by Gasteiger charge is 2.29. The first-order chi connectivity index (χ1) is 16.5. The van der Waals surface area contributed by atoms with E-state index in [1.54, 1.807) is 6.20 Å². The summed E-state index contributed by atoms with van der Waals surface area (Å²) in [6.07, 6.45) is 1.72. The van der Waals surface area contributed by atoms with Gasteiger partial charge in [-0.15, -0.1) is 10.2 Å². The molecule has 0 saturated heterocycles. The van der Waals surface area contributed by atoms with Crippen LogP contribution < -0.4 is 5.73 Å². The minimum absolute atomic E-state index is 0.00948. The lowest BCUT2D eigenvalue weighted by molar-refractivity contribution is -0.118. The van der Waals surface area contributed by atoms with Crippen LogP contribution in [0.25, 0.3) is 5.69 Å². The van der Waals surface area contributed by atoms with Gasteiger partial charge in [0.1, 0.15) is 17.6 Å². The summed E-state index contributed by atoms with van der Waals surface area (Å²) in [5, 5.41) is 9.23. The van der Waals surface area contributed by atoms with Gasteiger partial charge < -0.3 is 5.73 Å². The van der Waals surface area contributed by atoms with E-state index in [-0.39, 0.29) is 6.42 Å². The van der Waals surface area contributed by atoms with Crippen LogP contribution in [0.3, 0.4) is 0 Å². The largest absolute Gasteiger partial charge is 0.370 e. The monoisotopic (exact) mass is 466 g/mol. The summed E-state index contributed by atoms with van der Waals surface area (Å²) in [6, 6.07) is 18.3. The van der Waals surface area contributed by atoms with Crippen LogP contribution in [0, 0.1) is 18.8 Å². The van der Waals surface area contributed by atoms with Gasteiger partial charge in [0.2, 0.25) is 5.91 Å². The molecule has 1 amide bonds. The SMILES string of the molecule is Cc1nnc2n1-c1cc(C#Cc3ccccn3)ccc1C(c1ccc(Cl)cc1)=N[C@H]2CC(N)=O. The maximum absolute atomic E-state index is 11.9. The normalized spacial score (nSPS) is 14.2. The Bertz CT molecular complexity index is 1480. The fourth-order valence-corrected chi connectivity index (χ4v) is 4.03. The zero-order valence-corrected chi connectivity index (χ0v) is 19.0. The predicted molar refractivity (Wildman–Crippen MR) is 130 cm³/mol. The number of benzene rings is 2. The molecule has 2 aromatic carbocycles. The summed E-state index contributed by atoms with van der Waals surface area (Å²) >= 11 is 6.12. The number of halogens is 1. The molecule has 0 bridgehead atoms. The van der Waals surface area contributed by atoms with Crippen LogP contribution in [0.2, 0.25) is 5.02 Å². The number of carbonyl (C=O) groups is 1. The second kappa shape index (κ2) is 8.93. The molecule has 1 aliphatic rings. The van der Waals surface area contributed by atoms with Gasteiger partial charge in [-0.3, -0.25) is 14.4 Å². The van der Waals surface area contributed by atoms with Gasteiger partial charge >= 0.3 is 0 Å². The Balaban J connectivity index is 1.71. The third-order valence-electron chi connectivity index (χ3n) is 5.44. The van der Waals surface area contributed by atoms with Crippen molar-refractivity contribution in [2.45, 2.75) is 19.4 Å². The molecular formula is C26H19ClN6O. The molecule has 0 spiro atoms. The van der Waals surface area contributed by atoms with Gasteiger partial charge in [0, 0.05) is 27.9 Å². The summed E-state index contributed by atoms with van der Waals surface area (Å²) in [7, 11) is 0. The van der Waals surface area contributed by atoms with Gasteiger partial charge in [0.25, 0.3) is 0 Å². The minimum Gasteiger partial charge on any atom is -0.370 e. The van der Waals surface area contributed by atoms with Crippen LogP contribution in [0.5, 0.6) is 0 Å². The Labute approximate surface area is 201 Å². The molecule has 166 valence electrons. The van der Waals surface area contributed by atoms with E-state index in [0.29, 0.717) is 28.1 Å². The van der Waals surface area contributed by atoms with E-state index in [0.717, 1.165) is 22.4 Å². The number of carbonyl (C=O) groups excluding carboxylic acids is 1. The predicted octanol–water partition coefficient (Wildman–Crippen LogP) is 3.79. The summed E-state index contributed by atoms with van der Waals surface area (Å²) in [4.78, 5) is 21.1. The van der Waals surface area contributed by atoms with Crippen molar-refractivity contribution in [3.63, 3.8) is 0 Å². The van der Waals surface area contributed by atoms with Crippen molar-refractivity contribution in [2.24, 2.45) is 10.7 Å². The van der Waals surface area contributed by atoms with E-state index in [4.69, 9.17) is 22.3 Å². The molecule has 2 aromatic heterocycles. The number of hydrogen-bond donors (Lipinski definition) is 1. The fourth-order valence-electron chi connectivity index (χ4n) is 3.91. The second-order valence-corrected chi connectivity index (χ2v) is 8.24. The van der Waals surface area contributed by atoms with Crippen molar-refractivity contribution >= 4 is 23.2 Å². The van der Waals surface area contributed by atoms with E-state index in [1.165, 1.54) is 0 Å². The highest BCUT2D eigenvalue weighted by Crippen LogP contribution is 2.33. The highest BCUT2D eigenvalue weighted by atomic mass is 35.5. The van der Waals surface area contributed by atoms with Crippen molar-refractivity contribution in [2.75, 3.05) is 0 Å². The first-order valence-corrected chi connectivity index (χ1v) is 11.0. The molecule has 0 radical (unpaired) electrons. The molecular weight excluding hydrogens is 448 g/mol. The molecule has 1 atom stereocenters. The van der Waals surface area contributed by atoms with Gasteiger partial charge in [-0.25, -0.2) is 4.98 Å². The topological polar surface area (TPSA) is 99.1 Å². The van der Waals surface area contributed by atoms with E-state index in [1.807, 2.05) is 72.2 Å². The summed E-state index contributed by atoms with van der Waals surface area (Å²) < 4.78 is 1.92. The highest BCUT2D eigenvalue weighted by molar-refractivity contribution is 6.30. The Morgan fingerprint density at radius 1 is 1.09 bits per heavy atom. The average molecular weight is 467 g/mol. The van der Waals surface area contributed by atoms with Crippen LogP contribution in [-0.4, -0.2) is 31.4 Å². The van der Waals surface area contributed by atoms with Crippen molar-refractivity contribution in [1.82, 2.24) is 19.7 Å². The number of aromatic nitrogens is 4. The molecule has 0 aliphatic carbocycles. The lowest BCUT2D eigenvalue weighted by Crippen LogP contribution is -2.17. The fraction of sp³-hybridized carbons (Fsp3) is 0.115. The smallest absolute Gasteiger partial charge is 0.220 e. The standard InChI is InChI=1S/C26H19ClN6O/c1-16-31-32-26-22(15-24(28)34)30-25(18-7-9-19(27)10-8-18)21-12-6-17(14-23(21)33(16)26)5-11-20-4-2-3-13-29-20/h2-4,6-10,12-14,22H,15H2,1H3,(H2,28,34)/t22-/m0/s1. The number of hydrogen-bond acceptors (Lipinski definition) is 5. The summed E-state index contributed by atoms with van der Waals surface area (Å²) in [5.74, 6) is 7.03. The average Bonchev–Trinajstić information content (AvgIpc) is 3.16. The van der Waals surface area contributed by atoms with Crippen LogP contribution in [0.15, 0.2) is 71.9 Å². The Kier molecular flexibility index (Phi) is 5.66. The van der Waals surface area contributed by atoms with Gasteiger partial charge in [0.05, 0.1) is 17.8 Å².